The summed E-state index contributed by atoms with van der Waals surface area (Å²) in [7, 11) is 0. The monoisotopic (exact) mass is 253 g/mol. The molecule has 0 aromatic heterocycles. The molecule has 1 aliphatic carbocycles. The predicted molar refractivity (Wildman–Crippen MR) is 68.2 cm³/mol. The van der Waals surface area contributed by atoms with Crippen molar-refractivity contribution in [1.82, 2.24) is 4.90 Å². The minimum atomic E-state index is -0.360. The van der Waals surface area contributed by atoms with Crippen LogP contribution in [-0.4, -0.2) is 41.9 Å². The number of Topliss-reactive ketones (excluding diaryl/α,β-unsaturated/α-hetero) is 1. The number of likely N-dealkylation sites (tertiary alicyclic amines) is 1. The van der Waals surface area contributed by atoms with E-state index in [4.69, 9.17) is 4.74 Å². The van der Waals surface area contributed by atoms with Crippen molar-refractivity contribution in [2.24, 2.45) is 0 Å². The molecule has 4 nitrogen and oxygen atoms in total. The van der Waals surface area contributed by atoms with E-state index in [9.17, 15) is 9.59 Å². The predicted octanol–water partition coefficient (Wildman–Crippen LogP) is 1.92. The first kappa shape index (κ1) is 13.5. The smallest absolute Gasteiger partial charge is 0.251 e. The quantitative estimate of drug-likeness (QED) is 0.772. The zero-order valence-corrected chi connectivity index (χ0v) is 11.2. The summed E-state index contributed by atoms with van der Waals surface area (Å²) < 4.78 is 5.81. The zero-order chi connectivity index (χ0) is 13.0. The van der Waals surface area contributed by atoms with Crippen molar-refractivity contribution >= 4 is 11.7 Å². The third-order valence-corrected chi connectivity index (χ3v) is 3.90. The van der Waals surface area contributed by atoms with Crippen molar-refractivity contribution in [2.45, 2.75) is 64.1 Å². The number of rotatable bonds is 3. The van der Waals surface area contributed by atoms with Gasteiger partial charge in [-0.3, -0.25) is 9.59 Å². The summed E-state index contributed by atoms with van der Waals surface area (Å²) in [5.41, 5.74) is 0. The fraction of sp³-hybridized carbons (Fsp3) is 0.857. The largest absolute Gasteiger partial charge is 0.365 e. The fourth-order valence-electron chi connectivity index (χ4n) is 2.77. The number of piperidine rings is 1. The maximum absolute atomic E-state index is 12.2. The van der Waals surface area contributed by atoms with E-state index in [1.807, 2.05) is 11.8 Å². The summed E-state index contributed by atoms with van der Waals surface area (Å²) >= 11 is 0. The normalized spacial score (nSPS) is 24.1. The van der Waals surface area contributed by atoms with E-state index < -0.39 is 0 Å². The Morgan fingerprint density at radius 1 is 1.22 bits per heavy atom. The fourth-order valence-corrected chi connectivity index (χ4v) is 2.77. The first-order valence-electron chi connectivity index (χ1n) is 7.13. The van der Waals surface area contributed by atoms with Crippen molar-refractivity contribution in [3.63, 3.8) is 0 Å². The molecule has 18 heavy (non-hydrogen) atoms. The van der Waals surface area contributed by atoms with E-state index in [0.717, 1.165) is 38.8 Å². The van der Waals surface area contributed by atoms with Crippen LogP contribution in [0.1, 0.15) is 51.9 Å². The molecule has 0 aromatic rings. The molecule has 2 rings (SSSR count). The minimum absolute atomic E-state index is 0.0893. The Balaban J connectivity index is 1.77. The number of hydrogen-bond donors (Lipinski definition) is 0. The van der Waals surface area contributed by atoms with Crippen LogP contribution in [0.25, 0.3) is 0 Å². The van der Waals surface area contributed by atoms with Gasteiger partial charge < -0.3 is 9.64 Å². The lowest BCUT2D eigenvalue weighted by atomic mass is 9.96. The molecule has 102 valence electrons. The molecule has 1 saturated carbocycles. The Kier molecular flexibility index (Phi) is 4.75. The molecular formula is C14H23NO3. The number of nitrogens with zero attached hydrogens (tertiary/aromatic N) is 1. The van der Waals surface area contributed by atoms with E-state index in [2.05, 4.69) is 0 Å². The zero-order valence-electron chi connectivity index (χ0n) is 11.2. The second-order valence-electron chi connectivity index (χ2n) is 5.40. The molecule has 4 heteroatoms. The minimum Gasteiger partial charge on any atom is -0.365 e. The van der Waals surface area contributed by atoms with E-state index >= 15 is 0 Å². The van der Waals surface area contributed by atoms with Crippen LogP contribution in [0.5, 0.6) is 0 Å². The molecule has 0 N–H and O–H groups in total. The Labute approximate surface area is 109 Å². The summed E-state index contributed by atoms with van der Waals surface area (Å²) in [6.07, 6.45) is 5.93. The van der Waals surface area contributed by atoms with Gasteiger partial charge in [0.25, 0.3) is 5.91 Å². The number of hydrogen-bond acceptors (Lipinski definition) is 3. The number of carbonyl (C=O) groups is 2. The van der Waals surface area contributed by atoms with Crippen LogP contribution in [0.3, 0.4) is 0 Å². The summed E-state index contributed by atoms with van der Waals surface area (Å²) in [6, 6.07) is 0. The van der Waals surface area contributed by atoms with Gasteiger partial charge in [0.2, 0.25) is 0 Å². The summed E-state index contributed by atoms with van der Waals surface area (Å²) in [5.74, 6) is 0.441. The SMILES string of the molecule is CC(OC1CCC(=O)CC1)C(=O)N1CCCCC1. The second kappa shape index (κ2) is 6.32. The van der Waals surface area contributed by atoms with Gasteiger partial charge in [0.05, 0.1) is 6.10 Å². The van der Waals surface area contributed by atoms with Crippen molar-refractivity contribution in [3.05, 3.63) is 0 Å². The number of ketones is 1. The Morgan fingerprint density at radius 3 is 2.44 bits per heavy atom. The topological polar surface area (TPSA) is 46.6 Å². The molecule has 2 fully saturated rings. The highest BCUT2D eigenvalue weighted by atomic mass is 16.5. The van der Waals surface area contributed by atoms with Crippen molar-refractivity contribution in [1.29, 1.82) is 0 Å². The molecule has 0 radical (unpaired) electrons. The van der Waals surface area contributed by atoms with Gasteiger partial charge in [0.15, 0.2) is 0 Å². The highest BCUT2D eigenvalue weighted by Gasteiger charge is 2.27. The van der Waals surface area contributed by atoms with Crippen LogP contribution in [-0.2, 0) is 14.3 Å². The summed E-state index contributed by atoms with van der Waals surface area (Å²) in [6.45, 7) is 3.58. The Bertz CT molecular complexity index is 300. The van der Waals surface area contributed by atoms with Gasteiger partial charge in [-0.15, -0.1) is 0 Å². The van der Waals surface area contributed by atoms with E-state index in [-0.39, 0.29) is 18.1 Å². The molecule has 0 spiro atoms. The molecule has 1 heterocycles. The van der Waals surface area contributed by atoms with Crippen LogP contribution < -0.4 is 0 Å². The second-order valence-corrected chi connectivity index (χ2v) is 5.40. The summed E-state index contributed by atoms with van der Waals surface area (Å²) in [4.78, 5) is 25.2. The standard InChI is InChI=1S/C14H23NO3/c1-11(14(17)15-9-3-2-4-10-15)18-13-7-5-12(16)6-8-13/h11,13H,2-10H2,1H3. The van der Waals surface area contributed by atoms with Gasteiger partial charge in [-0.1, -0.05) is 0 Å². The molecule has 1 amide bonds. The Morgan fingerprint density at radius 2 is 1.83 bits per heavy atom. The van der Waals surface area contributed by atoms with Crippen LogP contribution in [0, 0.1) is 0 Å². The molecule has 1 atom stereocenters. The first-order chi connectivity index (χ1) is 8.66. The average Bonchev–Trinajstić information content (AvgIpc) is 2.41. The highest BCUT2D eigenvalue weighted by Crippen LogP contribution is 2.20. The van der Waals surface area contributed by atoms with Crippen LogP contribution >= 0.6 is 0 Å². The maximum atomic E-state index is 12.2. The van der Waals surface area contributed by atoms with Gasteiger partial charge in [-0.2, -0.15) is 0 Å². The van der Waals surface area contributed by atoms with Gasteiger partial charge in [-0.05, 0) is 39.0 Å². The number of carbonyl (C=O) groups excluding carboxylic acids is 2. The van der Waals surface area contributed by atoms with Crippen LogP contribution in [0.2, 0.25) is 0 Å². The average molecular weight is 253 g/mol. The molecule has 1 saturated heterocycles. The van der Waals surface area contributed by atoms with Crippen LogP contribution in [0.15, 0.2) is 0 Å². The third kappa shape index (κ3) is 3.55. The maximum Gasteiger partial charge on any atom is 0.251 e. The molecule has 2 aliphatic rings. The molecule has 1 unspecified atom stereocenters. The molecule has 0 aromatic carbocycles. The van der Waals surface area contributed by atoms with E-state index in [0.29, 0.717) is 18.6 Å². The van der Waals surface area contributed by atoms with Gasteiger partial charge >= 0.3 is 0 Å². The van der Waals surface area contributed by atoms with Crippen molar-refractivity contribution < 1.29 is 14.3 Å². The van der Waals surface area contributed by atoms with Crippen molar-refractivity contribution in [3.8, 4) is 0 Å². The lowest BCUT2D eigenvalue weighted by Crippen LogP contribution is -2.43. The number of amides is 1. The molecule has 1 aliphatic heterocycles. The van der Waals surface area contributed by atoms with Gasteiger partial charge in [-0.25, -0.2) is 0 Å². The molecule has 0 bridgehead atoms. The van der Waals surface area contributed by atoms with E-state index in [1.54, 1.807) is 0 Å². The van der Waals surface area contributed by atoms with Crippen molar-refractivity contribution in [2.75, 3.05) is 13.1 Å². The summed E-state index contributed by atoms with van der Waals surface area (Å²) in [5, 5.41) is 0. The molecular weight excluding hydrogens is 230 g/mol. The highest BCUT2D eigenvalue weighted by molar-refractivity contribution is 5.81. The van der Waals surface area contributed by atoms with E-state index in [1.165, 1.54) is 6.42 Å². The van der Waals surface area contributed by atoms with Gasteiger partial charge in [0.1, 0.15) is 11.9 Å². The lowest BCUT2D eigenvalue weighted by molar-refractivity contribution is -0.148. The Hall–Kier alpha value is -0.900. The third-order valence-electron chi connectivity index (χ3n) is 3.90. The van der Waals surface area contributed by atoms with Crippen LogP contribution in [0.4, 0.5) is 0 Å². The van der Waals surface area contributed by atoms with Gasteiger partial charge in [0, 0.05) is 25.9 Å². The first-order valence-corrected chi connectivity index (χ1v) is 7.13. The number of ether oxygens (including phenoxy) is 1. The lowest BCUT2D eigenvalue weighted by Gasteiger charge is -2.31.